The minimum absolute atomic E-state index is 0.228. The number of hydrogen-bond acceptors (Lipinski definition) is 4. The highest BCUT2D eigenvalue weighted by Crippen LogP contribution is 2.27. The van der Waals surface area contributed by atoms with E-state index in [0.717, 1.165) is 38.7 Å². The third-order valence-corrected chi connectivity index (χ3v) is 6.13. The van der Waals surface area contributed by atoms with Gasteiger partial charge in [0.2, 0.25) is 0 Å². The molecule has 2 aliphatic heterocycles. The number of ether oxygens (including phenoxy) is 1. The van der Waals surface area contributed by atoms with Crippen LogP contribution in [0.15, 0.2) is 0 Å². The Morgan fingerprint density at radius 3 is 2.62 bits per heavy atom. The van der Waals surface area contributed by atoms with E-state index in [4.69, 9.17) is 10.5 Å². The van der Waals surface area contributed by atoms with E-state index in [1.807, 2.05) is 0 Å². The van der Waals surface area contributed by atoms with Gasteiger partial charge < -0.3 is 10.5 Å². The molecule has 0 aromatic rings. The lowest BCUT2D eigenvalue weighted by Gasteiger charge is -2.34. The lowest BCUT2D eigenvalue weighted by Crippen LogP contribution is -2.49. The quantitative estimate of drug-likeness (QED) is 0.780. The first kappa shape index (κ1) is 12.3. The summed E-state index contributed by atoms with van der Waals surface area (Å²) in [7, 11) is -2.95. The van der Waals surface area contributed by atoms with Crippen LogP contribution < -0.4 is 5.73 Å². The molecule has 3 atom stereocenters. The Hall–Kier alpha value is -0.130. The molecule has 2 saturated heterocycles. The molecule has 2 rings (SSSR count). The molecule has 94 valence electrons. The van der Waals surface area contributed by atoms with Gasteiger partial charge in [-0.15, -0.1) is 0 Å². The topological polar surface area (TPSA) is 69.4 Å². The molecule has 2 heterocycles. The third kappa shape index (κ3) is 2.57. The summed E-state index contributed by atoms with van der Waals surface area (Å²) < 4.78 is 29.3. The highest BCUT2D eigenvalue weighted by Gasteiger charge is 2.37. The normalized spacial score (nSPS) is 36.8. The van der Waals surface area contributed by atoms with Crippen molar-refractivity contribution in [2.75, 3.05) is 19.0 Å². The van der Waals surface area contributed by atoms with E-state index in [0.29, 0.717) is 12.4 Å². The van der Waals surface area contributed by atoms with Crippen molar-refractivity contribution >= 4 is 9.84 Å². The van der Waals surface area contributed by atoms with Crippen molar-refractivity contribution in [3.63, 3.8) is 0 Å². The fourth-order valence-electron chi connectivity index (χ4n) is 2.78. The molecule has 4 nitrogen and oxygen atoms in total. The van der Waals surface area contributed by atoms with Crippen molar-refractivity contribution in [2.24, 2.45) is 11.7 Å². The SMILES string of the molecule is NC(C1CCCOC1)C1CCCCS1(=O)=O. The Bertz CT molecular complexity index is 322. The van der Waals surface area contributed by atoms with E-state index in [9.17, 15) is 8.42 Å². The summed E-state index contributed by atoms with van der Waals surface area (Å²) >= 11 is 0. The molecule has 16 heavy (non-hydrogen) atoms. The zero-order chi connectivity index (χ0) is 11.6. The Morgan fingerprint density at radius 2 is 2.00 bits per heavy atom. The monoisotopic (exact) mass is 247 g/mol. The molecule has 5 heteroatoms. The number of rotatable bonds is 2. The van der Waals surface area contributed by atoms with Gasteiger partial charge in [0.05, 0.1) is 17.6 Å². The van der Waals surface area contributed by atoms with Crippen molar-refractivity contribution in [1.82, 2.24) is 0 Å². The first-order chi connectivity index (χ1) is 7.61. The largest absolute Gasteiger partial charge is 0.381 e. The molecule has 0 aromatic heterocycles. The summed E-state index contributed by atoms with van der Waals surface area (Å²) in [4.78, 5) is 0. The van der Waals surface area contributed by atoms with Crippen molar-refractivity contribution in [1.29, 1.82) is 0 Å². The first-order valence-corrected chi connectivity index (χ1v) is 7.88. The second-order valence-corrected chi connectivity index (χ2v) is 7.30. The van der Waals surface area contributed by atoms with Crippen LogP contribution in [0.4, 0.5) is 0 Å². The summed E-state index contributed by atoms with van der Waals surface area (Å²) in [5.41, 5.74) is 6.14. The van der Waals surface area contributed by atoms with Gasteiger partial charge in [-0.3, -0.25) is 0 Å². The lowest BCUT2D eigenvalue weighted by molar-refractivity contribution is 0.0438. The maximum atomic E-state index is 11.9. The number of nitrogens with two attached hydrogens (primary N) is 1. The minimum atomic E-state index is -2.95. The van der Waals surface area contributed by atoms with Crippen LogP contribution in [0.25, 0.3) is 0 Å². The Morgan fingerprint density at radius 1 is 1.19 bits per heavy atom. The molecule has 0 aliphatic carbocycles. The predicted octanol–water partition coefficient (Wildman–Crippen LogP) is 0.708. The van der Waals surface area contributed by atoms with Gasteiger partial charge >= 0.3 is 0 Å². The van der Waals surface area contributed by atoms with Crippen LogP contribution in [0, 0.1) is 5.92 Å². The Kier molecular flexibility index (Phi) is 3.87. The molecule has 0 bridgehead atoms. The average Bonchev–Trinajstić information content (AvgIpc) is 2.29. The summed E-state index contributed by atoms with van der Waals surface area (Å²) in [6.07, 6.45) is 4.54. The third-order valence-electron chi connectivity index (χ3n) is 3.80. The van der Waals surface area contributed by atoms with Gasteiger partial charge in [0, 0.05) is 12.6 Å². The standard InChI is InChI=1S/C11H21NO3S/c12-11(9-4-3-6-15-8-9)10-5-1-2-7-16(10,13)14/h9-11H,1-8,12H2. The summed E-state index contributed by atoms with van der Waals surface area (Å²) in [5, 5.41) is -0.326. The molecule has 0 radical (unpaired) electrons. The van der Waals surface area contributed by atoms with Crippen LogP contribution in [0.3, 0.4) is 0 Å². The van der Waals surface area contributed by atoms with E-state index in [1.54, 1.807) is 0 Å². The summed E-state index contributed by atoms with van der Waals surface area (Å²) in [6.45, 7) is 1.42. The van der Waals surface area contributed by atoms with Crippen LogP contribution in [0.2, 0.25) is 0 Å². The average molecular weight is 247 g/mol. The molecule has 2 N–H and O–H groups in total. The zero-order valence-corrected chi connectivity index (χ0v) is 10.4. The van der Waals surface area contributed by atoms with Gasteiger partial charge in [0.25, 0.3) is 0 Å². The molecule has 3 unspecified atom stereocenters. The van der Waals surface area contributed by atoms with Crippen LogP contribution >= 0.6 is 0 Å². The Labute approximate surface area is 97.5 Å². The van der Waals surface area contributed by atoms with Gasteiger partial charge in [0.1, 0.15) is 0 Å². The van der Waals surface area contributed by atoms with E-state index in [1.165, 1.54) is 0 Å². The second kappa shape index (κ2) is 5.02. The van der Waals surface area contributed by atoms with Gasteiger partial charge in [-0.05, 0) is 31.6 Å². The highest BCUT2D eigenvalue weighted by molar-refractivity contribution is 7.92. The maximum Gasteiger partial charge on any atom is 0.154 e. The van der Waals surface area contributed by atoms with Crippen LogP contribution in [-0.2, 0) is 14.6 Å². The fourth-order valence-corrected chi connectivity index (χ4v) is 4.92. The molecular formula is C11H21NO3S. The second-order valence-electron chi connectivity index (χ2n) is 4.96. The van der Waals surface area contributed by atoms with E-state index >= 15 is 0 Å². The summed E-state index contributed by atoms with van der Waals surface area (Å²) in [5.74, 6) is 0.547. The number of sulfone groups is 1. The molecule has 0 amide bonds. The lowest BCUT2D eigenvalue weighted by atomic mass is 9.90. The van der Waals surface area contributed by atoms with Gasteiger partial charge in [-0.1, -0.05) is 6.42 Å². The predicted molar refractivity (Wildman–Crippen MR) is 62.9 cm³/mol. The van der Waals surface area contributed by atoms with Gasteiger partial charge in [-0.2, -0.15) is 0 Å². The molecule has 2 aliphatic rings. The first-order valence-electron chi connectivity index (χ1n) is 6.16. The smallest absolute Gasteiger partial charge is 0.154 e. The van der Waals surface area contributed by atoms with Crippen molar-refractivity contribution in [3.05, 3.63) is 0 Å². The van der Waals surface area contributed by atoms with Gasteiger partial charge in [-0.25, -0.2) is 8.42 Å². The fraction of sp³-hybridized carbons (Fsp3) is 1.00. The molecule has 2 fully saturated rings. The van der Waals surface area contributed by atoms with Crippen LogP contribution in [0.5, 0.6) is 0 Å². The highest BCUT2D eigenvalue weighted by atomic mass is 32.2. The summed E-state index contributed by atoms with van der Waals surface area (Å²) in [6, 6.07) is -0.231. The Balaban J connectivity index is 2.04. The van der Waals surface area contributed by atoms with E-state index < -0.39 is 9.84 Å². The minimum Gasteiger partial charge on any atom is -0.381 e. The number of hydrogen-bond donors (Lipinski definition) is 1. The van der Waals surface area contributed by atoms with E-state index in [-0.39, 0.29) is 17.2 Å². The molecule has 0 saturated carbocycles. The van der Waals surface area contributed by atoms with Crippen molar-refractivity contribution in [3.8, 4) is 0 Å². The van der Waals surface area contributed by atoms with E-state index in [2.05, 4.69) is 0 Å². The molecule has 0 spiro atoms. The van der Waals surface area contributed by atoms with Gasteiger partial charge in [0.15, 0.2) is 9.84 Å². The van der Waals surface area contributed by atoms with Crippen molar-refractivity contribution < 1.29 is 13.2 Å². The van der Waals surface area contributed by atoms with Crippen LogP contribution in [0.1, 0.15) is 32.1 Å². The molecule has 0 aromatic carbocycles. The zero-order valence-electron chi connectivity index (χ0n) is 9.60. The van der Waals surface area contributed by atoms with Crippen LogP contribution in [-0.4, -0.2) is 38.7 Å². The maximum absolute atomic E-state index is 11.9. The molecular weight excluding hydrogens is 226 g/mol. The van der Waals surface area contributed by atoms with Crippen molar-refractivity contribution in [2.45, 2.75) is 43.4 Å².